The summed E-state index contributed by atoms with van der Waals surface area (Å²) in [6, 6.07) is 6.66. The van der Waals surface area contributed by atoms with E-state index >= 15 is 0 Å². The lowest BCUT2D eigenvalue weighted by Gasteiger charge is -2.28. The van der Waals surface area contributed by atoms with E-state index in [4.69, 9.17) is 14.2 Å². The summed E-state index contributed by atoms with van der Waals surface area (Å²) < 4.78 is 16.4. The number of nitrogens with one attached hydrogen (secondary N) is 1. The van der Waals surface area contributed by atoms with E-state index in [9.17, 15) is 0 Å². The molecule has 1 atom stereocenters. The maximum absolute atomic E-state index is 5.89. The third-order valence-corrected chi connectivity index (χ3v) is 3.55. The highest BCUT2D eigenvalue weighted by molar-refractivity contribution is 5.44. The second kappa shape index (κ2) is 5.16. The molecule has 2 aliphatic heterocycles. The lowest BCUT2D eigenvalue weighted by Crippen LogP contribution is -2.38. The molecule has 3 rings (SSSR count). The van der Waals surface area contributed by atoms with Crippen LogP contribution in [-0.4, -0.2) is 33.0 Å². The van der Waals surface area contributed by atoms with Crippen molar-refractivity contribution in [1.29, 1.82) is 0 Å². The Morgan fingerprint density at radius 2 is 2.17 bits per heavy atom. The standard InChI is InChI=1S/C14H19NO3/c1-16-13-5-4-10(12-3-2-6-15-12)7-14(13)18-11-8-17-9-11/h4-5,7,11-12,15H,2-3,6,8-9H2,1H3. The number of ether oxygens (including phenoxy) is 3. The fourth-order valence-electron chi connectivity index (χ4n) is 2.43. The molecule has 0 amide bonds. The first-order chi connectivity index (χ1) is 8.86. The summed E-state index contributed by atoms with van der Waals surface area (Å²) in [5, 5.41) is 3.50. The van der Waals surface area contributed by atoms with E-state index in [0.29, 0.717) is 19.3 Å². The summed E-state index contributed by atoms with van der Waals surface area (Å²) >= 11 is 0. The minimum absolute atomic E-state index is 0.172. The Balaban J connectivity index is 1.80. The average molecular weight is 249 g/mol. The van der Waals surface area contributed by atoms with Crippen molar-refractivity contribution in [3.63, 3.8) is 0 Å². The molecular weight excluding hydrogens is 230 g/mol. The topological polar surface area (TPSA) is 39.7 Å². The van der Waals surface area contributed by atoms with Gasteiger partial charge >= 0.3 is 0 Å². The highest BCUT2D eigenvalue weighted by Crippen LogP contribution is 2.34. The van der Waals surface area contributed by atoms with E-state index in [0.717, 1.165) is 18.0 Å². The summed E-state index contributed by atoms with van der Waals surface area (Å²) in [4.78, 5) is 0. The molecule has 1 N–H and O–H groups in total. The van der Waals surface area contributed by atoms with Gasteiger partial charge in [-0.15, -0.1) is 0 Å². The highest BCUT2D eigenvalue weighted by Gasteiger charge is 2.23. The summed E-state index contributed by atoms with van der Waals surface area (Å²) in [5.74, 6) is 1.63. The summed E-state index contributed by atoms with van der Waals surface area (Å²) in [6.45, 7) is 2.45. The molecule has 1 aromatic rings. The van der Waals surface area contributed by atoms with Crippen molar-refractivity contribution in [2.45, 2.75) is 25.0 Å². The molecule has 98 valence electrons. The van der Waals surface area contributed by atoms with Crippen molar-refractivity contribution in [3.8, 4) is 11.5 Å². The van der Waals surface area contributed by atoms with Gasteiger partial charge in [0.1, 0.15) is 6.10 Å². The van der Waals surface area contributed by atoms with Crippen LogP contribution in [0.25, 0.3) is 0 Å². The minimum atomic E-state index is 0.172. The van der Waals surface area contributed by atoms with Gasteiger partial charge in [0.05, 0.1) is 20.3 Å². The Hall–Kier alpha value is -1.26. The Bertz CT molecular complexity index is 412. The van der Waals surface area contributed by atoms with E-state index in [2.05, 4.69) is 17.4 Å². The smallest absolute Gasteiger partial charge is 0.162 e. The summed E-state index contributed by atoms with van der Waals surface area (Å²) in [7, 11) is 1.67. The summed E-state index contributed by atoms with van der Waals surface area (Å²) in [6.07, 6.45) is 2.60. The first-order valence-electron chi connectivity index (χ1n) is 6.52. The maximum atomic E-state index is 5.89. The number of hydrogen-bond donors (Lipinski definition) is 1. The lowest BCUT2D eigenvalue weighted by molar-refractivity contribution is -0.0803. The predicted octanol–water partition coefficient (Wildman–Crippen LogP) is 1.90. The number of benzene rings is 1. The van der Waals surface area contributed by atoms with E-state index in [1.807, 2.05) is 6.07 Å². The molecule has 4 nitrogen and oxygen atoms in total. The predicted molar refractivity (Wildman–Crippen MR) is 68.2 cm³/mol. The van der Waals surface area contributed by atoms with Crippen molar-refractivity contribution in [3.05, 3.63) is 23.8 Å². The average Bonchev–Trinajstić information content (AvgIpc) is 2.87. The van der Waals surface area contributed by atoms with Crippen LogP contribution in [0.5, 0.6) is 11.5 Å². The Morgan fingerprint density at radius 1 is 1.28 bits per heavy atom. The van der Waals surface area contributed by atoms with E-state index < -0.39 is 0 Å². The molecule has 0 aromatic heterocycles. The Kier molecular flexibility index (Phi) is 3.39. The molecule has 2 fully saturated rings. The molecule has 18 heavy (non-hydrogen) atoms. The quantitative estimate of drug-likeness (QED) is 0.884. The molecule has 1 unspecified atom stereocenters. The van der Waals surface area contributed by atoms with Gasteiger partial charge in [0, 0.05) is 6.04 Å². The van der Waals surface area contributed by atoms with Crippen LogP contribution >= 0.6 is 0 Å². The molecule has 0 spiro atoms. The Morgan fingerprint density at radius 3 is 2.78 bits per heavy atom. The molecule has 0 saturated carbocycles. The monoisotopic (exact) mass is 249 g/mol. The van der Waals surface area contributed by atoms with Crippen molar-refractivity contribution >= 4 is 0 Å². The number of hydrogen-bond acceptors (Lipinski definition) is 4. The van der Waals surface area contributed by atoms with Crippen molar-refractivity contribution in [2.75, 3.05) is 26.9 Å². The molecular formula is C14H19NO3. The molecule has 1 aromatic carbocycles. The highest BCUT2D eigenvalue weighted by atomic mass is 16.6. The lowest BCUT2D eigenvalue weighted by atomic mass is 10.0. The first-order valence-corrected chi connectivity index (χ1v) is 6.52. The molecule has 0 radical (unpaired) electrons. The Labute approximate surface area is 107 Å². The number of rotatable bonds is 4. The van der Waals surface area contributed by atoms with Crippen LogP contribution in [0, 0.1) is 0 Å². The zero-order valence-corrected chi connectivity index (χ0v) is 10.6. The van der Waals surface area contributed by atoms with Gasteiger partial charge in [-0.25, -0.2) is 0 Å². The first kappa shape index (κ1) is 11.8. The number of methoxy groups -OCH3 is 1. The van der Waals surface area contributed by atoms with Crippen LogP contribution in [0.4, 0.5) is 0 Å². The van der Waals surface area contributed by atoms with Gasteiger partial charge in [-0.2, -0.15) is 0 Å². The zero-order valence-electron chi connectivity index (χ0n) is 10.6. The van der Waals surface area contributed by atoms with Gasteiger partial charge < -0.3 is 19.5 Å². The van der Waals surface area contributed by atoms with Crippen molar-refractivity contribution in [2.24, 2.45) is 0 Å². The maximum Gasteiger partial charge on any atom is 0.162 e. The van der Waals surface area contributed by atoms with Crippen LogP contribution in [0.1, 0.15) is 24.4 Å². The van der Waals surface area contributed by atoms with Crippen LogP contribution in [0.15, 0.2) is 18.2 Å². The SMILES string of the molecule is COc1ccc(C2CCCN2)cc1OC1COC1. The van der Waals surface area contributed by atoms with Gasteiger partial charge in [0.15, 0.2) is 11.5 Å². The van der Waals surface area contributed by atoms with Crippen LogP contribution in [0.2, 0.25) is 0 Å². The van der Waals surface area contributed by atoms with E-state index in [1.54, 1.807) is 7.11 Å². The van der Waals surface area contributed by atoms with Crippen LogP contribution < -0.4 is 14.8 Å². The fraction of sp³-hybridized carbons (Fsp3) is 0.571. The molecule has 2 aliphatic rings. The second-order valence-corrected chi connectivity index (χ2v) is 4.84. The van der Waals surface area contributed by atoms with Gasteiger partial charge in [0.2, 0.25) is 0 Å². The summed E-state index contributed by atoms with van der Waals surface area (Å²) in [5.41, 5.74) is 1.28. The van der Waals surface area contributed by atoms with Gasteiger partial charge in [-0.05, 0) is 37.1 Å². The van der Waals surface area contributed by atoms with Gasteiger partial charge in [-0.3, -0.25) is 0 Å². The molecule has 4 heteroatoms. The third kappa shape index (κ3) is 2.31. The third-order valence-electron chi connectivity index (χ3n) is 3.55. The fourth-order valence-corrected chi connectivity index (χ4v) is 2.43. The van der Waals surface area contributed by atoms with Gasteiger partial charge in [-0.1, -0.05) is 6.07 Å². The molecule has 2 heterocycles. The van der Waals surface area contributed by atoms with Crippen LogP contribution in [-0.2, 0) is 4.74 Å². The second-order valence-electron chi connectivity index (χ2n) is 4.84. The van der Waals surface area contributed by atoms with Crippen molar-refractivity contribution < 1.29 is 14.2 Å². The van der Waals surface area contributed by atoms with Crippen LogP contribution in [0.3, 0.4) is 0 Å². The minimum Gasteiger partial charge on any atom is -0.493 e. The molecule has 2 saturated heterocycles. The molecule has 0 aliphatic carbocycles. The van der Waals surface area contributed by atoms with E-state index in [1.165, 1.54) is 18.4 Å². The van der Waals surface area contributed by atoms with Gasteiger partial charge in [0.25, 0.3) is 0 Å². The van der Waals surface area contributed by atoms with Crippen molar-refractivity contribution in [1.82, 2.24) is 5.32 Å². The van der Waals surface area contributed by atoms with E-state index in [-0.39, 0.29) is 6.10 Å². The normalized spacial score (nSPS) is 23.7. The zero-order chi connectivity index (χ0) is 12.4. The largest absolute Gasteiger partial charge is 0.493 e. The molecule has 0 bridgehead atoms.